The number of likely N-dealkylation sites (tertiary alicyclic amines) is 1. The van der Waals surface area contributed by atoms with Gasteiger partial charge in [-0.2, -0.15) is 5.10 Å². The molecule has 0 aliphatic carbocycles. The topological polar surface area (TPSA) is 112 Å². The fourth-order valence-electron chi connectivity index (χ4n) is 3.67. The highest BCUT2D eigenvalue weighted by atomic mass is 32.2. The molecule has 3 heterocycles. The van der Waals surface area contributed by atoms with E-state index < -0.39 is 21.8 Å². The van der Waals surface area contributed by atoms with E-state index in [1.807, 2.05) is 20.8 Å². The minimum atomic E-state index is -3.14. The zero-order chi connectivity index (χ0) is 19.8. The SMILES string of the molecule is CC(C)(C)c1cc(NC(=O)[C@@H]2CCCCN2C(=O)C2CCS(=O)(=O)C2)n[nH]1. The quantitative estimate of drug-likeness (QED) is 0.803. The molecule has 27 heavy (non-hydrogen) atoms. The van der Waals surface area contributed by atoms with E-state index in [1.54, 1.807) is 11.0 Å². The Morgan fingerprint density at radius 3 is 2.59 bits per heavy atom. The minimum absolute atomic E-state index is 0.0525. The summed E-state index contributed by atoms with van der Waals surface area (Å²) >= 11 is 0. The number of aromatic amines is 1. The molecule has 0 spiro atoms. The number of hydrogen-bond donors (Lipinski definition) is 2. The number of piperidine rings is 1. The third kappa shape index (κ3) is 4.51. The predicted octanol–water partition coefficient (Wildman–Crippen LogP) is 1.46. The average molecular weight is 397 g/mol. The first-order valence-electron chi connectivity index (χ1n) is 9.44. The number of nitrogens with zero attached hydrogens (tertiary/aromatic N) is 2. The second-order valence-electron chi connectivity index (χ2n) is 8.55. The monoisotopic (exact) mass is 396 g/mol. The van der Waals surface area contributed by atoms with Gasteiger partial charge in [0.15, 0.2) is 15.7 Å². The fraction of sp³-hybridized carbons (Fsp3) is 0.722. The highest BCUT2D eigenvalue weighted by molar-refractivity contribution is 7.91. The lowest BCUT2D eigenvalue weighted by atomic mass is 9.92. The normalized spacial score (nSPS) is 25.4. The summed E-state index contributed by atoms with van der Waals surface area (Å²) in [6.45, 7) is 6.62. The summed E-state index contributed by atoms with van der Waals surface area (Å²) in [5, 5.41) is 9.88. The highest BCUT2D eigenvalue weighted by Gasteiger charge is 2.40. The van der Waals surface area contributed by atoms with Gasteiger partial charge < -0.3 is 10.2 Å². The molecule has 9 heteroatoms. The number of anilines is 1. The van der Waals surface area contributed by atoms with E-state index in [1.165, 1.54) is 0 Å². The zero-order valence-corrected chi connectivity index (χ0v) is 16.9. The minimum Gasteiger partial charge on any atom is -0.330 e. The van der Waals surface area contributed by atoms with Gasteiger partial charge in [0.1, 0.15) is 6.04 Å². The second-order valence-corrected chi connectivity index (χ2v) is 10.8. The number of carbonyl (C=O) groups excluding carboxylic acids is 2. The van der Waals surface area contributed by atoms with Crippen molar-refractivity contribution in [1.82, 2.24) is 15.1 Å². The van der Waals surface area contributed by atoms with Crippen LogP contribution < -0.4 is 5.32 Å². The molecule has 2 atom stereocenters. The molecule has 2 aliphatic rings. The number of H-pyrrole nitrogens is 1. The number of sulfone groups is 1. The van der Waals surface area contributed by atoms with E-state index in [0.717, 1.165) is 18.5 Å². The van der Waals surface area contributed by atoms with Crippen LogP contribution in [0, 0.1) is 5.92 Å². The molecule has 3 rings (SSSR count). The molecule has 0 radical (unpaired) electrons. The maximum Gasteiger partial charge on any atom is 0.248 e. The van der Waals surface area contributed by atoms with Crippen LogP contribution in [-0.4, -0.2) is 59.4 Å². The lowest BCUT2D eigenvalue weighted by molar-refractivity contribution is -0.143. The van der Waals surface area contributed by atoms with Crippen LogP contribution >= 0.6 is 0 Å². The third-order valence-corrected chi connectivity index (χ3v) is 7.08. The van der Waals surface area contributed by atoms with Gasteiger partial charge in [-0.05, 0) is 25.7 Å². The number of nitrogens with one attached hydrogen (secondary N) is 2. The van der Waals surface area contributed by atoms with Gasteiger partial charge in [0.25, 0.3) is 0 Å². The molecule has 150 valence electrons. The zero-order valence-electron chi connectivity index (χ0n) is 16.1. The van der Waals surface area contributed by atoms with Gasteiger partial charge in [-0.3, -0.25) is 14.7 Å². The Labute approximate surface area is 160 Å². The molecule has 2 N–H and O–H groups in total. The Hall–Kier alpha value is -1.90. The smallest absolute Gasteiger partial charge is 0.248 e. The van der Waals surface area contributed by atoms with Crippen molar-refractivity contribution in [2.75, 3.05) is 23.4 Å². The first-order chi connectivity index (χ1) is 12.6. The van der Waals surface area contributed by atoms with Crippen molar-refractivity contribution < 1.29 is 18.0 Å². The summed E-state index contributed by atoms with van der Waals surface area (Å²) in [7, 11) is -3.14. The van der Waals surface area contributed by atoms with Crippen LogP contribution in [-0.2, 0) is 24.8 Å². The molecular weight excluding hydrogens is 368 g/mol. The summed E-state index contributed by atoms with van der Waals surface area (Å²) < 4.78 is 23.4. The van der Waals surface area contributed by atoms with Crippen LogP contribution in [0.25, 0.3) is 0 Å². The van der Waals surface area contributed by atoms with E-state index in [9.17, 15) is 18.0 Å². The maximum absolute atomic E-state index is 12.9. The standard InChI is InChI=1S/C18H28N4O4S/c1-18(2,3)14-10-15(21-20-14)19-16(23)13-6-4-5-8-22(13)17(24)12-7-9-27(25,26)11-12/h10,12-13H,4-9,11H2,1-3H3,(H2,19,20,21,23)/t12?,13-/m0/s1. The molecule has 1 aromatic rings. The fourth-order valence-corrected chi connectivity index (χ4v) is 5.40. The van der Waals surface area contributed by atoms with Crippen LogP contribution in [0.4, 0.5) is 5.82 Å². The molecule has 2 aliphatic heterocycles. The molecule has 0 saturated carbocycles. The van der Waals surface area contributed by atoms with E-state index >= 15 is 0 Å². The number of rotatable bonds is 3. The maximum atomic E-state index is 12.9. The van der Waals surface area contributed by atoms with Gasteiger partial charge in [0.2, 0.25) is 11.8 Å². The first-order valence-corrected chi connectivity index (χ1v) is 11.3. The lowest BCUT2D eigenvalue weighted by Gasteiger charge is -2.36. The Bertz CT molecular complexity index is 825. The van der Waals surface area contributed by atoms with Crippen molar-refractivity contribution in [3.8, 4) is 0 Å². The summed E-state index contributed by atoms with van der Waals surface area (Å²) in [4.78, 5) is 27.2. The summed E-state index contributed by atoms with van der Waals surface area (Å²) in [5.41, 5.74) is 0.794. The highest BCUT2D eigenvalue weighted by Crippen LogP contribution is 2.27. The average Bonchev–Trinajstić information content (AvgIpc) is 3.20. The van der Waals surface area contributed by atoms with Crippen LogP contribution in [0.15, 0.2) is 6.07 Å². The van der Waals surface area contributed by atoms with E-state index in [4.69, 9.17) is 0 Å². The van der Waals surface area contributed by atoms with Gasteiger partial charge in [0.05, 0.1) is 17.4 Å². The van der Waals surface area contributed by atoms with Crippen molar-refractivity contribution in [3.05, 3.63) is 11.8 Å². The van der Waals surface area contributed by atoms with Gasteiger partial charge in [-0.15, -0.1) is 0 Å². The van der Waals surface area contributed by atoms with Crippen LogP contribution in [0.2, 0.25) is 0 Å². The van der Waals surface area contributed by atoms with E-state index in [-0.39, 0.29) is 28.7 Å². The van der Waals surface area contributed by atoms with Gasteiger partial charge in [-0.1, -0.05) is 20.8 Å². The predicted molar refractivity (Wildman–Crippen MR) is 102 cm³/mol. The lowest BCUT2D eigenvalue weighted by Crippen LogP contribution is -2.52. The number of carbonyl (C=O) groups is 2. The van der Waals surface area contributed by atoms with Crippen molar-refractivity contribution in [2.45, 2.75) is 57.9 Å². The Balaban J connectivity index is 1.70. The van der Waals surface area contributed by atoms with Crippen molar-refractivity contribution in [3.63, 3.8) is 0 Å². The number of aromatic nitrogens is 2. The van der Waals surface area contributed by atoms with Gasteiger partial charge in [-0.25, -0.2) is 8.42 Å². The summed E-state index contributed by atoms with van der Waals surface area (Å²) in [6, 6.07) is 1.22. The molecule has 1 unspecified atom stereocenters. The molecule has 0 aromatic carbocycles. The first kappa shape index (κ1) is 19.9. The van der Waals surface area contributed by atoms with Crippen LogP contribution in [0.1, 0.15) is 52.1 Å². The number of hydrogen-bond acceptors (Lipinski definition) is 5. The Morgan fingerprint density at radius 1 is 1.26 bits per heavy atom. The summed E-state index contributed by atoms with van der Waals surface area (Å²) in [6.07, 6.45) is 2.61. The third-order valence-electron chi connectivity index (χ3n) is 5.31. The molecule has 8 nitrogen and oxygen atoms in total. The summed E-state index contributed by atoms with van der Waals surface area (Å²) in [5.74, 6) is -0.626. The van der Waals surface area contributed by atoms with Crippen molar-refractivity contribution >= 4 is 27.5 Å². The molecule has 2 saturated heterocycles. The Kier molecular flexibility index (Phi) is 5.33. The molecule has 1 aromatic heterocycles. The van der Waals surface area contributed by atoms with E-state index in [0.29, 0.717) is 25.2 Å². The van der Waals surface area contributed by atoms with Crippen LogP contribution in [0.5, 0.6) is 0 Å². The second kappa shape index (κ2) is 7.26. The van der Waals surface area contributed by atoms with Crippen molar-refractivity contribution in [1.29, 1.82) is 0 Å². The van der Waals surface area contributed by atoms with E-state index in [2.05, 4.69) is 15.5 Å². The number of amides is 2. The molecule has 2 amide bonds. The van der Waals surface area contributed by atoms with Crippen molar-refractivity contribution in [2.24, 2.45) is 5.92 Å². The molecular formula is C18H28N4O4S. The van der Waals surface area contributed by atoms with Gasteiger partial charge >= 0.3 is 0 Å². The Morgan fingerprint density at radius 2 is 2.00 bits per heavy atom. The largest absolute Gasteiger partial charge is 0.330 e. The van der Waals surface area contributed by atoms with Crippen LogP contribution in [0.3, 0.4) is 0 Å². The molecule has 2 fully saturated rings. The van der Waals surface area contributed by atoms with Gasteiger partial charge in [0, 0.05) is 23.7 Å². The molecule has 0 bridgehead atoms.